The Hall–Kier alpha value is -1.75. The Kier molecular flexibility index (Phi) is 4.84. The summed E-state index contributed by atoms with van der Waals surface area (Å²) in [6, 6.07) is 7.44. The normalized spacial score (nSPS) is 14.2. The predicted octanol–water partition coefficient (Wildman–Crippen LogP) is 2.46. The summed E-state index contributed by atoms with van der Waals surface area (Å²) in [5.74, 6) is 0.785. The van der Waals surface area contributed by atoms with Crippen LogP contribution >= 0.6 is 0 Å². The van der Waals surface area contributed by atoms with Crippen LogP contribution in [0.3, 0.4) is 0 Å². The monoisotopic (exact) mass is 278 g/mol. The molecule has 2 amide bonds. The van der Waals surface area contributed by atoms with Crippen LogP contribution < -0.4 is 10.1 Å². The number of hydrogen-bond acceptors (Lipinski definition) is 3. The number of aliphatic hydroxyl groups is 1. The summed E-state index contributed by atoms with van der Waals surface area (Å²) in [6.45, 7) is 4.31. The maximum absolute atomic E-state index is 12.1. The van der Waals surface area contributed by atoms with Crippen molar-refractivity contribution in [2.75, 3.05) is 18.5 Å². The van der Waals surface area contributed by atoms with E-state index in [1.165, 1.54) is 0 Å². The second-order valence-corrected chi connectivity index (χ2v) is 5.27. The molecule has 0 heterocycles. The van der Waals surface area contributed by atoms with Crippen LogP contribution in [-0.4, -0.2) is 41.3 Å². The first-order chi connectivity index (χ1) is 9.60. The summed E-state index contributed by atoms with van der Waals surface area (Å²) in [4.78, 5) is 13.8. The number of nitrogens with zero attached hydrogens (tertiary/aromatic N) is 1. The number of urea groups is 1. The molecule has 0 saturated heterocycles. The van der Waals surface area contributed by atoms with Gasteiger partial charge in [-0.05, 0) is 51.0 Å². The highest BCUT2D eigenvalue weighted by molar-refractivity contribution is 5.89. The predicted molar refractivity (Wildman–Crippen MR) is 78.0 cm³/mol. The molecule has 0 bridgehead atoms. The summed E-state index contributed by atoms with van der Waals surface area (Å²) < 4.78 is 5.55. The van der Waals surface area contributed by atoms with Crippen molar-refractivity contribution in [2.24, 2.45) is 0 Å². The Morgan fingerprint density at radius 3 is 2.55 bits per heavy atom. The number of ether oxygens (including phenoxy) is 1. The maximum atomic E-state index is 12.1. The quantitative estimate of drug-likeness (QED) is 0.840. The van der Waals surface area contributed by atoms with Crippen molar-refractivity contribution in [3.8, 4) is 5.75 Å². The molecule has 1 aliphatic rings. The highest BCUT2D eigenvalue weighted by Crippen LogP contribution is 2.27. The minimum Gasteiger partial charge on any atom is -0.491 e. The summed E-state index contributed by atoms with van der Waals surface area (Å²) >= 11 is 0. The van der Waals surface area contributed by atoms with Gasteiger partial charge in [0.2, 0.25) is 0 Å². The first-order valence-electron chi connectivity index (χ1n) is 7.05. The van der Waals surface area contributed by atoms with E-state index in [4.69, 9.17) is 9.84 Å². The number of anilines is 1. The highest BCUT2D eigenvalue weighted by atomic mass is 16.5. The molecule has 0 aromatic heterocycles. The zero-order valence-corrected chi connectivity index (χ0v) is 12.0. The number of amides is 2. The standard InChI is InChI=1S/C15H22N2O3/c1-11(2)20-14-7-3-12(4-8-14)16-15(19)17(9-10-18)13-5-6-13/h3-4,7-8,11,13,18H,5-6,9-10H2,1-2H3,(H,16,19). The SMILES string of the molecule is CC(C)Oc1ccc(NC(=O)N(CCO)C2CC2)cc1. The molecule has 0 aliphatic heterocycles. The van der Waals surface area contributed by atoms with Gasteiger partial charge in [0, 0.05) is 18.3 Å². The molecule has 2 N–H and O–H groups in total. The zero-order valence-electron chi connectivity index (χ0n) is 12.0. The van der Waals surface area contributed by atoms with Gasteiger partial charge in [-0.25, -0.2) is 4.79 Å². The molecule has 0 spiro atoms. The third-order valence-corrected chi connectivity index (χ3v) is 3.07. The van der Waals surface area contributed by atoms with E-state index in [0.717, 1.165) is 24.3 Å². The third kappa shape index (κ3) is 4.13. The number of carbonyl (C=O) groups is 1. The smallest absolute Gasteiger partial charge is 0.322 e. The van der Waals surface area contributed by atoms with Gasteiger partial charge < -0.3 is 20.1 Å². The fourth-order valence-corrected chi connectivity index (χ4v) is 2.03. The highest BCUT2D eigenvalue weighted by Gasteiger charge is 2.32. The fraction of sp³-hybridized carbons (Fsp3) is 0.533. The molecular weight excluding hydrogens is 256 g/mol. The van der Waals surface area contributed by atoms with E-state index in [9.17, 15) is 4.79 Å². The van der Waals surface area contributed by atoms with Gasteiger partial charge in [-0.3, -0.25) is 0 Å². The topological polar surface area (TPSA) is 61.8 Å². The van der Waals surface area contributed by atoms with Gasteiger partial charge in [-0.15, -0.1) is 0 Å². The van der Waals surface area contributed by atoms with E-state index < -0.39 is 0 Å². The van der Waals surface area contributed by atoms with Gasteiger partial charge in [-0.2, -0.15) is 0 Å². The minimum absolute atomic E-state index is 0.00884. The molecule has 1 aromatic rings. The molecule has 2 rings (SSSR count). The van der Waals surface area contributed by atoms with Gasteiger partial charge in [-0.1, -0.05) is 0 Å². The molecule has 0 atom stereocenters. The second kappa shape index (κ2) is 6.61. The lowest BCUT2D eigenvalue weighted by Gasteiger charge is -2.21. The van der Waals surface area contributed by atoms with E-state index in [0.29, 0.717) is 6.54 Å². The zero-order chi connectivity index (χ0) is 14.5. The number of rotatable bonds is 6. The van der Waals surface area contributed by atoms with Crippen LogP contribution in [0.25, 0.3) is 0 Å². The van der Waals surface area contributed by atoms with Crippen LogP contribution in [0.2, 0.25) is 0 Å². The van der Waals surface area contributed by atoms with Crippen LogP contribution in [0, 0.1) is 0 Å². The number of benzene rings is 1. The molecular formula is C15H22N2O3. The summed E-state index contributed by atoms with van der Waals surface area (Å²) in [6.07, 6.45) is 2.17. The Balaban J connectivity index is 1.93. The first kappa shape index (κ1) is 14.7. The molecule has 110 valence electrons. The summed E-state index contributed by atoms with van der Waals surface area (Å²) in [7, 11) is 0. The van der Waals surface area contributed by atoms with E-state index in [1.54, 1.807) is 4.90 Å². The summed E-state index contributed by atoms with van der Waals surface area (Å²) in [5, 5.41) is 11.9. The average Bonchev–Trinajstić information content (AvgIpc) is 3.22. The molecule has 5 heteroatoms. The van der Waals surface area contributed by atoms with Crippen molar-refractivity contribution in [1.82, 2.24) is 4.90 Å². The number of nitrogens with one attached hydrogen (secondary N) is 1. The Bertz CT molecular complexity index is 441. The molecule has 0 radical (unpaired) electrons. The van der Waals surface area contributed by atoms with E-state index in [1.807, 2.05) is 38.1 Å². The number of hydrogen-bond donors (Lipinski definition) is 2. The second-order valence-electron chi connectivity index (χ2n) is 5.27. The van der Waals surface area contributed by atoms with Crippen molar-refractivity contribution >= 4 is 11.7 Å². The lowest BCUT2D eigenvalue weighted by Crippen LogP contribution is -2.38. The molecule has 1 saturated carbocycles. The van der Waals surface area contributed by atoms with E-state index in [-0.39, 0.29) is 24.8 Å². The lowest BCUT2D eigenvalue weighted by atomic mass is 10.3. The van der Waals surface area contributed by atoms with Gasteiger partial charge >= 0.3 is 6.03 Å². The molecule has 1 fully saturated rings. The van der Waals surface area contributed by atoms with Crippen molar-refractivity contribution in [3.05, 3.63) is 24.3 Å². The third-order valence-electron chi connectivity index (χ3n) is 3.07. The Morgan fingerprint density at radius 2 is 2.05 bits per heavy atom. The van der Waals surface area contributed by atoms with Crippen LogP contribution in [-0.2, 0) is 0 Å². The fourth-order valence-electron chi connectivity index (χ4n) is 2.03. The lowest BCUT2D eigenvalue weighted by molar-refractivity contribution is 0.185. The van der Waals surface area contributed by atoms with Crippen molar-refractivity contribution in [2.45, 2.75) is 38.8 Å². The Labute approximate surface area is 119 Å². The average molecular weight is 278 g/mol. The Morgan fingerprint density at radius 1 is 1.40 bits per heavy atom. The van der Waals surface area contributed by atoms with Gasteiger partial charge in [0.25, 0.3) is 0 Å². The molecule has 1 aromatic carbocycles. The van der Waals surface area contributed by atoms with Gasteiger partial charge in [0.1, 0.15) is 5.75 Å². The first-order valence-corrected chi connectivity index (χ1v) is 7.05. The number of carbonyl (C=O) groups excluding carboxylic acids is 1. The number of aliphatic hydroxyl groups excluding tert-OH is 1. The molecule has 1 aliphatic carbocycles. The molecule has 5 nitrogen and oxygen atoms in total. The summed E-state index contributed by atoms with van der Waals surface area (Å²) in [5.41, 5.74) is 0.731. The van der Waals surface area contributed by atoms with Crippen molar-refractivity contribution in [1.29, 1.82) is 0 Å². The maximum Gasteiger partial charge on any atom is 0.322 e. The van der Waals surface area contributed by atoms with Crippen LogP contribution in [0.15, 0.2) is 24.3 Å². The van der Waals surface area contributed by atoms with Crippen molar-refractivity contribution < 1.29 is 14.6 Å². The van der Waals surface area contributed by atoms with Crippen molar-refractivity contribution in [3.63, 3.8) is 0 Å². The van der Waals surface area contributed by atoms with Gasteiger partial charge in [0.05, 0.1) is 12.7 Å². The molecule has 20 heavy (non-hydrogen) atoms. The largest absolute Gasteiger partial charge is 0.491 e. The van der Waals surface area contributed by atoms with Gasteiger partial charge in [0.15, 0.2) is 0 Å². The molecule has 0 unspecified atom stereocenters. The minimum atomic E-state index is -0.154. The van der Waals surface area contributed by atoms with E-state index >= 15 is 0 Å². The van der Waals surface area contributed by atoms with E-state index in [2.05, 4.69) is 5.32 Å². The van der Waals surface area contributed by atoms with Crippen LogP contribution in [0.5, 0.6) is 5.75 Å². The van der Waals surface area contributed by atoms with Crippen LogP contribution in [0.4, 0.5) is 10.5 Å². The van der Waals surface area contributed by atoms with Crippen LogP contribution in [0.1, 0.15) is 26.7 Å².